The predicted molar refractivity (Wildman–Crippen MR) is 142 cm³/mol. The van der Waals surface area contributed by atoms with Gasteiger partial charge in [0.25, 0.3) is 0 Å². The second kappa shape index (κ2) is 10.2. The Balaban J connectivity index is 1.58. The lowest BCUT2D eigenvalue weighted by Gasteiger charge is -2.29. The Morgan fingerprint density at radius 1 is 1.19 bits per heavy atom. The highest BCUT2D eigenvalue weighted by molar-refractivity contribution is 7.80. The van der Waals surface area contributed by atoms with Crippen molar-refractivity contribution in [1.82, 2.24) is 14.9 Å². The minimum atomic E-state index is -0.196. The van der Waals surface area contributed by atoms with Crippen molar-refractivity contribution in [2.24, 2.45) is 0 Å². The van der Waals surface area contributed by atoms with E-state index in [2.05, 4.69) is 31.2 Å². The van der Waals surface area contributed by atoms with Crippen LogP contribution in [0.5, 0.6) is 5.75 Å². The molecule has 5 rings (SSSR count). The maximum absolute atomic E-state index is 12.0. The van der Waals surface area contributed by atoms with Crippen LogP contribution in [-0.4, -0.2) is 27.7 Å². The monoisotopic (exact) mass is 501 g/mol. The molecule has 1 amide bonds. The van der Waals surface area contributed by atoms with Gasteiger partial charge in [-0.25, -0.2) is 0 Å². The van der Waals surface area contributed by atoms with E-state index < -0.39 is 0 Å². The molecule has 1 aliphatic rings. The summed E-state index contributed by atoms with van der Waals surface area (Å²) in [5, 5.41) is 6.95. The number of carbonyl (C=O) groups excluding carboxylic acids is 1. The first kappa shape index (κ1) is 23.6. The molecule has 2 atom stereocenters. The lowest BCUT2D eigenvalue weighted by molar-refractivity contribution is -0.115. The first-order valence-electron chi connectivity index (χ1n) is 11.7. The molecule has 9 heteroatoms. The van der Waals surface area contributed by atoms with Crippen molar-refractivity contribution in [3.05, 3.63) is 96.5 Å². The van der Waals surface area contributed by atoms with Crippen LogP contribution in [-0.2, 0) is 11.3 Å². The zero-order chi connectivity index (χ0) is 25.1. The summed E-state index contributed by atoms with van der Waals surface area (Å²) in [5.41, 5.74) is 3.40. The number of pyridine rings is 1. The standard InChI is InChI=1S/C27H27N5O3S/c1-3-24(33)29-20-12-11-18(16-23(20)34-2)32-26(25(30-27(32)36)21-9-4-5-13-28-21)22-10-6-14-31(22)17-19-8-7-15-35-19/h4-16,25-26H,3,17H2,1-2H3,(H,29,33)(H,30,36)/t25-,26-/m1/s1. The van der Waals surface area contributed by atoms with E-state index in [4.69, 9.17) is 21.4 Å². The summed E-state index contributed by atoms with van der Waals surface area (Å²) in [4.78, 5) is 18.7. The normalized spacial score (nSPS) is 17.2. The molecule has 4 heterocycles. The number of aromatic nitrogens is 2. The average molecular weight is 502 g/mol. The molecule has 0 radical (unpaired) electrons. The van der Waals surface area contributed by atoms with Gasteiger partial charge in [-0.05, 0) is 60.7 Å². The molecule has 1 aromatic carbocycles. The molecule has 8 nitrogen and oxygen atoms in total. The number of nitrogens with one attached hydrogen (secondary N) is 2. The van der Waals surface area contributed by atoms with Crippen molar-refractivity contribution in [3.63, 3.8) is 0 Å². The number of furan rings is 1. The summed E-state index contributed by atoms with van der Waals surface area (Å²) in [6.45, 7) is 2.40. The summed E-state index contributed by atoms with van der Waals surface area (Å²) in [6, 6.07) is 19.1. The fourth-order valence-corrected chi connectivity index (χ4v) is 4.86. The van der Waals surface area contributed by atoms with Gasteiger partial charge in [0.1, 0.15) is 17.6 Å². The molecule has 4 aromatic rings. The molecule has 3 aromatic heterocycles. The predicted octanol–water partition coefficient (Wildman–Crippen LogP) is 5.06. The van der Waals surface area contributed by atoms with E-state index in [9.17, 15) is 4.79 Å². The molecule has 1 fully saturated rings. The van der Waals surface area contributed by atoms with Crippen LogP contribution in [0.2, 0.25) is 0 Å². The van der Waals surface area contributed by atoms with Crippen molar-refractivity contribution >= 4 is 34.6 Å². The quantitative estimate of drug-likeness (QED) is 0.327. The maximum Gasteiger partial charge on any atom is 0.224 e. The van der Waals surface area contributed by atoms with Crippen molar-refractivity contribution in [2.75, 3.05) is 17.3 Å². The van der Waals surface area contributed by atoms with Gasteiger partial charge in [0.05, 0.1) is 37.3 Å². The number of ether oxygens (including phenoxy) is 1. The SMILES string of the molecule is CCC(=O)Nc1ccc(N2C(=S)N[C@H](c3ccccn3)[C@H]2c2cccn2Cc2ccco2)cc1OC. The van der Waals surface area contributed by atoms with E-state index in [0.29, 0.717) is 29.5 Å². The number of nitrogens with zero attached hydrogens (tertiary/aromatic N) is 3. The van der Waals surface area contributed by atoms with Gasteiger partial charge in [-0.3, -0.25) is 9.78 Å². The van der Waals surface area contributed by atoms with E-state index in [0.717, 1.165) is 22.8 Å². The highest BCUT2D eigenvalue weighted by Crippen LogP contribution is 2.43. The summed E-state index contributed by atoms with van der Waals surface area (Å²) in [5.74, 6) is 1.34. The number of anilines is 2. The summed E-state index contributed by atoms with van der Waals surface area (Å²) in [6.07, 6.45) is 5.89. The molecule has 1 saturated heterocycles. The van der Waals surface area contributed by atoms with Crippen molar-refractivity contribution in [2.45, 2.75) is 32.0 Å². The zero-order valence-electron chi connectivity index (χ0n) is 20.0. The molecule has 36 heavy (non-hydrogen) atoms. The number of methoxy groups -OCH3 is 1. The minimum Gasteiger partial charge on any atom is -0.494 e. The summed E-state index contributed by atoms with van der Waals surface area (Å²) >= 11 is 5.86. The number of rotatable bonds is 8. The zero-order valence-corrected chi connectivity index (χ0v) is 20.9. The molecule has 2 N–H and O–H groups in total. The van der Waals surface area contributed by atoms with Gasteiger partial charge >= 0.3 is 0 Å². The first-order valence-corrected chi connectivity index (χ1v) is 12.2. The number of benzene rings is 1. The van der Waals surface area contributed by atoms with Crippen molar-refractivity contribution < 1.29 is 13.9 Å². The smallest absolute Gasteiger partial charge is 0.224 e. The van der Waals surface area contributed by atoms with E-state index in [-0.39, 0.29) is 18.0 Å². The summed E-state index contributed by atoms with van der Waals surface area (Å²) < 4.78 is 13.4. The van der Waals surface area contributed by atoms with Gasteiger partial charge in [0.15, 0.2) is 5.11 Å². The molecular weight excluding hydrogens is 474 g/mol. The third kappa shape index (κ3) is 4.57. The van der Waals surface area contributed by atoms with Crippen LogP contribution in [0.25, 0.3) is 0 Å². The van der Waals surface area contributed by atoms with E-state index in [1.165, 1.54) is 0 Å². The first-order chi connectivity index (χ1) is 17.6. The Kier molecular flexibility index (Phi) is 6.73. The van der Waals surface area contributed by atoms with Gasteiger partial charge < -0.3 is 29.3 Å². The second-order valence-electron chi connectivity index (χ2n) is 8.42. The Hall–Kier alpha value is -4.11. The number of hydrogen-bond donors (Lipinski definition) is 2. The van der Waals surface area contributed by atoms with E-state index >= 15 is 0 Å². The van der Waals surface area contributed by atoms with Crippen molar-refractivity contribution in [1.29, 1.82) is 0 Å². The van der Waals surface area contributed by atoms with Gasteiger partial charge in [0, 0.05) is 36.3 Å². The van der Waals surface area contributed by atoms with Crippen LogP contribution in [0.15, 0.2) is 83.7 Å². The topological polar surface area (TPSA) is 84.6 Å². The van der Waals surface area contributed by atoms with Gasteiger partial charge in [-0.2, -0.15) is 0 Å². The third-order valence-corrected chi connectivity index (χ3v) is 6.55. The Morgan fingerprint density at radius 2 is 2.08 bits per heavy atom. The molecule has 0 saturated carbocycles. The van der Waals surface area contributed by atoms with Crippen LogP contribution < -0.4 is 20.3 Å². The highest BCUT2D eigenvalue weighted by Gasteiger charge is 2.42. The third-order valence-electron chi connectivity index (χ3n) is 6.23. The number of amides is 1. The molecule has 1 aliphatic heterocycles. The Labute approximate surface area is 214 Å². The van der Waals surface area contributed by atoms with Crippen LogP contribution in [0.1, 0.15) is 42.6 Å². The average Bonchev–Trinajstić information content (AvgIpc) is 3.65. The molecule has 0 unspecified atom stereocenters. The lowest BCUT2D eigenvalue weighted by atomic mass is 10.0. The molecule has 0 aliphatic carbocycles. The largest absolute Gasteiger partial charge is 0.494 e. The van der Waals surface area contributed by atoms with Crippen LogP contribution in [0.3, 0.4) is 0 Å². The van der Waals surface area contributed by atoms with Gasteiger partial charge in [-0.1, -0.05) is 13.0 Å². The Bertz CT molecular complexity index is 1350. The van der Waals surface area contributed by atoms with E-state index in [1.807, 2.05) is 67.7 Å². The molecule has 0 spiro atoms. The van der Waals surface area contributed by atoms with Gasteiger partial charge in [0.2, 0.25) is 5.91 Å². The van der Waals surface area contributed by atoms with Crippen molar-refractivity contribution in [3.8, 4) is 5.75 Å². The lowest BCUT2D eigenvalue weighted by Crippen LogP contribution is -2.30. The Morgan fingerprint density at radius 3 is 2.81 bits per heavy atom. The number of hydrogen-bond acceptors (Lipinski definition) is 5. The van der Waals surface area contributed by atoms with Crippen LogP contribution in [0.4, 0.5) is 11.4 Å². The van der Waals surface area contributed by atoms with Crippen LogP contribution >= 0.6 is 12.2 Å². The molecule has 0 bridgehead atoms. The van der Waals surface area contributed by atoms with Crippen LogP contribution in [0, 0.1) is 0 Å². The highest BCUT2D eigenvalue weighted by atomic mass is 32.1. The fraction of sp³-hybridized carbons (Fsp3) is 0.222. The number of thiocarbonyl (C=S) groups is 1. The number of carbonyl (C=O) groups is 1. The molecule has 184 valence electrons. The van der Waals surface area contributed by atoms with Gasteiger partial charge in [-0.15, -0.1) is 0 Å². The minimum absolute atomic E-state index is 0.0803. The molecular formula is C27H27N5O3S. The second-order valence-corrected chi connectivity index (χ2v) is 8.81. The van der Waals surface area contributed by atoms with E-state index in [1.54, 1.807) is 19.6 Å². The maximum atomic E-state index is 12.0. The fourth-order valence-electron chi connectivity index (χ4n) is 4.52. The summed E-state index contributed by atoms with van der Waals surface area (Å²) in [7, 11) is 1.59.